The van der Waals surface area contributed by atoms with Gasteiger partial charge in [0.05, 0.1) is 12.5 Å². The highest BCUT2D eigenvalue weighted by Crippen LogP contribution is 2.38. The maximum atomic E-state index is 12.5. The molecule has 2 N–H and O–H groups in total. The van der Waals surface area contributed by atoms with E-state index in [1.54, 1.807) is 0 Å². The van der Waals surface area contributed by atoms with Crippen LogP contribution in [0.15, 0.2) is 45.6 Å². The summed E-state index contributed by atoms with van der Waals surface area (Å²) >= 11 is 3.42. The van der Waals surface area contributed by atoms with Gasteiger partial charge >= 0.3 is 0 Å². The average molecular weight is 419 g/mol. The second-order valence-corrected chi connectivity index (χ2v) is 6.74. The summed E-state index contributed by atoms with van der Waals surface area (Å²) in [4.78, 5) is 12.5. The van der Waals surface area contributed by atoms with E-state index >= 15 is 0 Å². The predicted octanol–water partition coefficient (Wildman–Crippen LogP) is 4.60. The number of aryl methyl sites for hydroxylation is 1. The molecular formula is C20H19BrO5. The van der Waals surface area contributed by atoms with Gasteiger partial charge in [-0.3, -0.25) is 4.79 Å². The van der Waals surface area contributed by atoms with E-state index in [1.807, 2.05) is 24.3 Å². The fourth-order valence-corrected chi connectivity index (χ4v) is 3.25. The number of alkyl halides is 1. The first-order valence-corrected chi connectivity index (χ1v) is 9.40. The molecular weight excluding hydrogens is 400 g/mol. The van der Waals surface area contributed by atoms with Gasteiger partial charge in [-0.25, -0.2) is 0 Å². The van der Waals surface area contributed by atoms with Gasteiger partial charge in [-0.1, -0.05) is 40.2 Å². The van der Waals surface area contributed by atoms with Gasteiger partial charge in [-0.2, -0.15) is 0 Å². The van der Waals surface area contributed by atoms with Crippen LogP contribution in [0, 0.1) is 0 Å². The van der Waals surface area contributed by atoms with E-state index in [0.717, 1.165) is 24.6 Å². The summed E-state index contributed by atoms with van der Waals surface area (Å²) in [5, 5.41) is 21.4. The quantitative estimate of drug-likeness (QED) is 0.451. The molecule has 0 bridgehead atoms. The summed E-state index contributed by atoms with van der Waals surface area (Å²) in [6.07, 6.45) is 3.14. The van der Waals surface area contributed by atoms with Crippen molar-refractivity contribution < 1.29 is 19.4 Å². The Bertz CT molecular complexity index is 976. The molecule has 1 heterocycles. The SMILES string of the molecule is COc1c(O)ccc2c(=O)c(O)c(-c3ccc(CCCCBr)cc3)oc12. The summed E-state index contributed by atoms with van der Waals surface area (Å²) in [6.45, 7) is 0. The molecule has 0 aliphatic carbocycles. The maximum Gasteiger partial charge on any atom is 0.235 e. The van der Waals surface area contributed by atoms with Crippen LogP contribution in [0.25, 0.3) is 22.3 Å². The molecule has 1 aromatic heterocycles. The summed E-state index contributed by atoms with van der Waals surface area (Å²) < 4.78 is 10.9. The molecule has 0 aliphatic rings. The molecule has 0 fully saturated rings. The maximum absolute atomic E-state index is 12.5. The van der Waals surface area contributed by atoms with Crippen LogP contribution in [0.5, 0.6) is 17.2 Å². The molecule has 0 unspecified atom stereocenters. The Labute approximate surface area is 159 Å². The first-order valence-electron chi connectivity index (χ1n) is 8.27. The van der Waals surface area contributed by atoms with Crippen molar-refractivity contribution in [3.8, 4) is 28.6 Å². The molecule has 2 aromatic carbocycles. The third-order valence-electron chi connectivity index (χ3n) is 4.24. The lowest BCUT2D eigenvalue weighted by molar-refractivity contribution is 0.369. The second kappa shape index (κ2) is 7.83. The Balaban J connectivity index is 2.07. The van der Waals surface area contributed by atoms with Crippen LogP contribution in [0.4, 0.5) is 0 Å². The predicted molar refractivity (Wildman–Crippen MR) is 105 cm³/mol. The lowest BCUT2D eigenvalue weighted by Gasteiger charge is -2.10. The van der Waals surface area contributed by atoms with Crippen molar-refractivity contribution in [2.75, 3.05) is 12.4 Å². The Kier molecular flexibility index (Phi) is 5.52. The van der Waals surface area contributed by atoms with E-state index in [9.17, 15) is 15.0 Å². The molecule has 0 saturated carbocycles. The number of benzene rings is 2. The number of halogens is 1. The molecule has 3 aromatic rings. The Morgan fingerprint density at radius 1 is 1.08 bits per heavy atom. The number of unbranched alkanes of at least 4 members (excludes halogenated alkanes) is 1. The molecule has 0 radical (unpaired) electrons. The highest BCUT2D eigenvalue weighted by atomic mass is 79.9. The molecule has 3 rings (SSSR count). The van der Waals surface area contributed by atoms with Crippen LogP contribution in [0.3, 0.4) is 0 Å². The van der Waals surface area contributed by atoms with E-state index in [1.165, 1.54) is 24.8 Å². The van der Waals surface area contributed by atoms with Gasteiger partial charge < -0.3 is 19.4 Å². The largest absolute Gasteiger partial charge is 0.504 e. The molecule has 0 saturated heterocycles. The number of rotatable bonds is 6. The Morgan fingerprint density at radius 3 is 2.46 bits per heavy atom. The van der Waals surface area contributed by atoms with Crippen molar-refractivity contribution in [3.63, 3.8) is 0 Å². The summed E-state index contributed by atoms with van der Waals surface area (Å²) in [5.74, 6) is -0.482. The van der Waals surface area contributed by atoms with Crippen molar-refractivity contribution >= 4 is 26.9 Å². The van der Waals surface area contributed by atoms with Crippen LogP contribution >= 0.6 is 15.9 Å². The topological polar surface area (TPSA) is 79.9 Å². The van der Waals surface area contributed by atoms with Crippen molar-refractivity contribution in [2.24, 2.45) is 0 Å². The minimum atomic E-state index is -0.569. The van der Waals surface area contributed by atoms with Crippen LogP contribution in [0.2, 0.25) is 0 Å². The van der Waals surface area contributed by atoms with E-state index < -0.39 is 11.2 Å². The zero-order valence-electron chi connectivity index (χ0n) is 14.3. The highest BCUT2D eigenvalue weighted by molar-refractivity contribution is 9.09. The number of ether oxygens (including phenoxy) is 1. The van der Waals surface area contributed by atoms with E-state index in [4.69, 9.17) is 9.15 Å². The van der Waals surface area contributed by atoms with Crippen molar-refractivity contribution in [3.05, 3.63) is 52.2 Å². The van der Waals surface area contributed by atoms with Gasteiger partial charge in [0.25, 0.3) is 0 Å². The summed E-state index contributed by atoms with van der Waals surface area (Å²) in [7, 11) is 1.38. The first-order chi connectivity index (χ1) is 12.6. The molecule has 0 spiro atoms. The second-order valence-electron chi connectivity index (χ2n) is 5.95. The van der Waals surface area contributed by atoms with Gasteiger partial charge in [0, 0.05) is 10.9 Å². The van der Waals surface area contributed by atoms with E-state index in [0.29, 0.717) is 5.56 Å². The van der Waals surface area contributed by atoms with Gasteiger partial charge in [-0.05, 0) is 37.0 Å². The standard InChI is InChI=1S/C20H19BrO5/c1-25-20-15(22)10-9-14-16(23)17(24)18(26-19(14)20)13-7-5-12(6-8-13)4-2-3-11-21/h5-10,22,24H,2-4,11H2,1H3. The highest BCUT2D eigenvalue weighted by Gasteiger charge is 2.19. The smallest absolute Gasteiger partial charge is 0.235 e. The molecule has 0 aliphatic heterocycles. The van der Waals surface area contributed by atoms with Crippen molar-refractivity contribution in [1.29, 1.82) is 0 Å². The summed E-state index contributed by atoms with van der Waals surface area (Å²) in [5.41, 5.74) is 1.29. The molecule has 6 heteroatoms. The van der Waals surface area contributed by atoms with Gasteiger partial charge in [0.1, 0.15) is 0 Å². The van der Waals surface area contributed by atoms with Crippen molar-refractivity contribution in [1.82, 2.24) is 0 Å². The zero-order chi connectivity index (χ0) is 18.7. The first kappa shape index (κ1) is 18.3. The fourth-order valence-electron chi connectivity index (χ4n) is 2.85. The molecule has 0 atom stereocenters. The van der Waals surface area contributed by atoms with Gasteiger partial charge in [0.15, 0.2) is 17.1 Å². The third kappa shape index (κ3) is 3.42. The van der Waals surface area contributed by atoms with Crippen LogP contribution in [-0.4, -0.2) is 22.7 Å². The Morgan fingerprint density at radius 2 is 1.81 bits per heavy atom. The van der Waals surface area contributed by atoms with E-state index in [-0.39, 0.29) is 28.2 Å². The Hall–Kier alpha value is -2.47. The molecule has 136 valence electrons. The minimum absolute atomic E-state index is 0.0541. The number of methoxy groups -OCH3 is 1. The van der Waals surface area contributed by atoms with Gasteiger partial charge in [-0.15, -0.1) is 0 Å². The van der Waals surface area contributed by atoms with Crippen LogP contribution < -0.4 is 10.2 Å². The number of fused-ring (bicyclic) bond motifs is 1. The number of hydrogen-bond acceptors (Lipinski definition) is 5. The van der Waals surface area contributed by atoms with Crippen molar-refractivity contribution in [2.45, 2.75) is 19.3 Å². The lowest BCUT2D eigenvalue weighted by Crippen LogP contribution is -2.03. The molecule has 26 heavy (non-hydrogen) atoms. The normalized spacial score (nSPS) is 11.0. The zero-order valence-corrected chi connectivity index (χ0v) is 15.9. The summed E-state index contributed by atoms with van der Waals surface area (Å²) in [6, 6.07) is 10.2. The van der Waals surface area contributed by atoms with Crippen LogP contribution in [-0.2, 0) is 6.42 Å². The van der Waals surface area contributed by atoms with Crippen LogP contribution in [0.1, 0.15) is 18.4 Å². The van der Waals surface area contributed by atoms with E-state index in [2.05, 4.69) is 15.9 Å². The molecule has 0 amide bonds. The molecule has 5 nitrogen and oxygen atoms in total. The average Bonchev–Trinajstić information content (AvgIpc) is 2.65. The fraction of sp³-hybridized carbons (Fsp3) is 0.250. The monoisotopic (exact) mass is 418 g/mol. The number of phenolic OH excluding ortho intramolecular Hbond substituents is 1. The minimum Gasteiger partial charge on any atom is -0.504 e. The lowest BCUT2D eigenvalue weighted by atomic mass is 10.0. The number of hydrogen-bond donors (Lipinski definition) is 2. The van der Waals surface area contributed by atoms with Gasteiger partial charge in [0.2, 0.25) is 16.9 Å². The number of phenols is 1. The third-order valence-corrected chi connectivity index (χ3v) is 4.80. The number of aromatic hydroxyl groups is 2.